The third-order valence-corrected chi connectivity index (χ3v) is 3.43. The smallest absolute Gasteiger partial charge is 0.308 e. The van der Waals surface area contributed by atoms with Gasteiger partial charge in [0.2, 0.25) is 0 Å². The van der Waals surface area contributed by atoms with Crippen LogP contribution in [0.4, 0.5) is 13.2 Å². The normalized spacial score (nSPS) is 12.8. The predicted octanol–water partition coefficient (Wildman–Crippen LogP) is 4.71. The molecule has 0 aromatic heterocycles. The Morgan fingerprint density at radius 2 is 1.79 bits per heavy atom. The lowest BCUT2D eigenvalue weighted by molar-refractivity contribution is -0.139. The van der Waals surface area contributed by atoms with Gasteiger partial charge in [0, 0.05) is 17.0 Å². The minimum atomic E-state index is -4.30. The van der Waals surface area contributed by atoms with Gasteiger partial charge in [0.15, 0.2) is 0 Å². The summed E-state index contributed by atoms with van der Waals surface area (Å²) < 4.78 is 39.0. The van der Waals surface area contributed by atoms with Crippen LogP contribution in [0.2, 0.25) is 0 Å². The fourth-order valence-electron chi connectivity index (χ4n) is 1.56. The number of alkyl halides is 3. The molecule has 1 rings (SSSR count). The van der Waals surface area contributed by atoms with E-state index < -0.39 is 11.7 Å². The van der Waals surface area contributed by atoms with Gasteiger partial charge in [-0.2, -0.15) is 13.2 Å². The Bertz CT molecular complexity index is 422. The summed E-state index contributed by atoms with van der Waals surface area (Å²) in [5, 5.41) is 3.19. The minimum absolute atomic E-state index is 0.116. The third-order valence-electron chi connectivity index (χ3n) is 2.47. The molecule has 19 heavy (non-hydrogen) atoms. The lowest BCUT2D eigenvalue weighted by Gasteiger charge is -2.21. The Morgan fingerprint density at radius 1 is 1.16 bits per heavy atom. The van der Waals surface area contributed by atoms with Crippen molar-refractivity contribution in [3.8, 4) is 0 Å². The summed E-state index contributed by atoms with van der Waals surface area (Å²) >= 11 is 1.22. The van der Waals surface area contributed by atoms with Gasteiger partial charge < -0.3 is 5.32 Å². The van der Waals surface area contributed by atoms with E-state index in [9.17, 15) is 13.2 Å². The van der Waals surface area contributed by atoms with Crippen LogP contribution in [-0.2, 0) is 12.7 Å². The van der Waals surface area contributed by atoms with Gasteiger partial charge in [-0.3, -0.25) is 0 Å². The van der Waals surface area contributed by atoms with Crippen LogP contribution in [0.1, 0.15) is 38.8 Å². The van der Waals surface area contributed by atoms with E-state index in [1.807, 2.05) is 27.7 Å². The summed E-state index contributed by atoms with van der Waals surface area (Å²) in [5.74, 6) is 0.628. The molecule has 0 saturated heterocycles. The maximum absolute atomic E-state index is 13.0. The SMILES string of the molecule is CCSc1ccc(CNC(C)(C)C)cc1C(F)(F)F. The molecule has 0 radical (unpaired) electrons. The average Bonchev–Trinajstić information content (AvgIpc) is 2.25. The van der Waals surface area contributed by atoms with Crippen molar-refractivity contribution in [1.29, 1.82) is 0 Å². The lowest BCUT2D eigenvalue weighted by Crippen LogP contribution is -2.35. The van der Waals surface area contributed by atoms with E-state index in [0.717, 1.165) is 0 Å². The van der Waals surface area contributed by atoms with Crippen LogP contribution < -0.4 is 5.32 Å². The van der Waals surface area contributed by atoms with E-state index in [1.54, 1.807) is 12.1 Å². The first-order chi connectivity index (χ1) is 8.63. The summed E-state index contributed by atoms with van der Waals surface area (Å²) in [6.07, 6.45) is -4.30. The highest BCUT2D eigenvalue weighted by Gasteiger charge is 2.33. The van der Waals surface area contributed by atoms with Crippen molar-refractivity contribution in [2.45, 2.75) is 50.9 Å². The van der Waals surface area contributed by atoms with Crippen LogP contribution in [0.3, 0.4) is 0 Å². The second kappa shape index (κ2) is 6.18. The standard InChI is InChI=1S/C14H20F3NS/c1-5-19-12-7-6-10(9-18-13(2,3)4)8-11(12)14(15,16)17/h6-8,18H,5,9H2,1-4H3. The highest BCUT2D eigenvalue weighted by Crippen LogP contribution is 2.37. The molecule has 108 valence electrons. The molecule has 0 amide bonds. The average molecular weight is 291 g/mol. The Hall–Kier alpha value is -0.680. The van der Waals surface area contributed by atoms with Gasteiger partial charge in [-0.1, -0.05) is 13.0 Å². The zero-order valence-electron chi connectivity index (χ0n) is 11.7. The Labute approximate surface area is 117 Å². The molecule has 1 N–H and O–H groups in total. The van der Waals surface area contributed by atoms with Crippen LogP contribution >= 0.6 is 11.8 Å². The van der Waals surface area contributed by atoms with Gasteiger partial charge in [-0.05, 0) is 44.2 Å². The number of benzene rings is 1. The Morgan fingerprint density at radius 3 is 2.26 bits per heavy atom. The fraction of sp³-hybridized carbons (Fsp3) is 0.571. The molecule has 0 aliphatic carbocycles. The number of hydrogen-bond acceptors (Lipinski definition) is 2. The van der Waals surface area contributed by atoms with Crippen molar-refractivity contribution < 1.29 is 13.2 Å². The largest absolute Gasteiger partial charge is 0.417 e. The Balaban J connectivity index is 2.98. The molecule has 0 atom stereocenters. The molecule has 1 aromatic carbocycles. The predicted molar refractivity (Wildman–Crippen MR) is 74.4 cm³/mol. The monoisotopic (exact) mass is 291 g/mol. The van der Waals surface area contributed by atoms with Crippen LogP contribution in [0.5, 0.6) is 0 Å². The summed E-state index contributed by atoms with van der Waals surface area (Å²) in [6.45, 7) is 8.24. The van der Waals surface area contributed by atoms with Gasteiger partial charge in [0.25, 0.3) is 0 Å². The first-order valence-electron chi connectivity index (χ1n) is 6.21. The van der Waals surface area contributed by atoms with Crippen molar-refractivity contribution in [1.82, 2.24) is 5.32 Å². The van der Waals surface area contributed by atoms with Crippen LogP contribution in [0, 0.1) is 0 Å². The van der Waals surface area contributed by atoms with Crippen molar-refractivity contribution in [2.75, 3.05) is 5.75 Å². The second-order valence-electron chi connectivity index (χ2n) is 5.36. The first-order valence-corrected chi connectivity index (χ1v) is 7.20. The summed E-state index contributed by atoms with van der Waals surface area (Å²) in [6, 6.07) is 4.57. The molecule has 0 heterocycles. The van der Waals surface area contributed by atoms with Crippen LogP contribution in [0.15, 0.2) is 23.1 Å². The zero-order chi connectivity index (χ0) is 14.7. The van der Waals surface area contributed by atoms with E-state index in [1.165, 1.54) is 17.8 Å². The molecule has 1 aromatic rings. The molecular formula is C14H20F3NS. The zero-order valence-corrected chi connectivity index (χ0v) is 12.5. The topological polar surface area (TPSA) is 12.0 Å². The highest BCUT2D eigenvalue weighted by atomic mass is 32.2. The third kappa shape index (κ3) is 5.45. The molecular weight excluding hydrogens is 271 g/mol. The first kappa shape index (κ1) is 16.4. The Kier molecular flexibility index (Phi) is 5.33. The van der Waals surface area contributed by atoms with Crippen molar-refractivity contribution >= 4 is 11.8 Å². The molecule has 0 aliphatic heterocycles. The van der Waals surface area contributed by atoms with Gasteiger partial charge in [0.1, 0.15) is 0 Å². The second-order valence-corrected chi connectivity index (χ2v) is 6.67. The number of hydrogen-bond donors (Lipinski definition) is 1. The highest BCUT2D eigenvalue weighted by molar-refractivity contribution is 7.99. The number of nitrogens with one attached hydrogen (secondary N) is 1. The molecule has 5 heteroatoms. The van der Waals surface area contributed by atoms with Gasteiger partial charge in [-0.25, -0.2) is 0 Å². The maximum Gasteiger partial charge on any atom is 0.417 e. The van der Waals surface area contributed by atoms with E-state index in [-0.39, 0.29) is 5.54 Å². The number of thioether (sulfide) groups is 1. The quantitative estimate of drug-likeness (QED) is 0.807. The minimum Gasteiger partial charge on any atom is -0.308 e. The maximum atomic E-state index is 13.0. The fourth-order valence-corrected chi connectivity index (χ4v) is 2.36. The summed E-state index contributed by atoms with van der Waals surface area (Å²) in [4.78, 5) is 0.300. The summed E-state index contributed by atoms with van der Waals surface area (Å²) in [5.41, 5.74) is 0.00478. The van der Waals surface area contributed by atoms with E-state index >= 15 is 0 Å². The molecule has 0 aliphatic rings. The summed E-state index contributed by atoms with van der Waals surface area (Å²) in [7, 11) is 0. The molecule has 0 fully saturated rings. The molecule has 0 spiro atoms. The van der Waals surface area contributed by atoms with E-state index in [0.29, 0.717) is 22.8 Å². The number of halogens is 3. The molecule has 0 unspecified atom stereocenters. The van der Waals surface area contributed by atoms with Crippen molar-refractivity contribution in [2.24, 2.45) is 0 Å². The van der Waals surface area contributed by atoms with Crippen LogP contribution in [0.25, 0.3) is 0 Å². The van der Waals surface area contributed by atoms with Gasteiger partial charge in [0.05, 0.1) is 5.56 Å². The van der Waals surface area contributed by atoms with Crippen molar-refractivity contribution in [3.05, 3.63) is 29.3 Å². The van der Waals surface area contributed by atoms with Crippen LogP contribution in [-0.4, -0.2) is 11.3 Å². The molecule has 0 bridgehead atoms. The van der Waals surface area contributed by atoms with Gasteiger partial charge >= 0.3 is 6.18 Å². The van der Waals surface area contributed by atoms with E-state index in [4.69, 9.17) is 0 Å². The van der Waals surface area contributed by atoms with Crippen molar-refractivity contribution in [3.63, 3.8) is 0 Å². The van der Waals surface area contributed by atoms with E-state index in [2.05, 4.69) is 5.32 Å². The number of rotatable bonds is 4. The lowest BCUT2D eigenvalue weighted by atomic mass is 10.1. The molecule has 1 nitrogen and oxygen atoms in total. The van der Waals surface area contributed by atoms with Gasteiger partial charge in [-0.15, -0.1) is 11.8 Å². The molecule has 0 saturated carbocycles.